The van der Waals surface area contributed by atoms with Crippen LogP contribution < -0.4 is 14.8 Å². The normalized spacial score (nSPS) is 15.2. The van der Waals surface area contributed by atoms with E-state index in [2.05, 4.69) is 21.7 Å². The van der Waals surface area contributed by atoms with Crippen molar-refractivity contribution < 1.29 is 18.3 Å². The second-order valence-electron chi connectivity index (χ2n) is 5.38. The molecular weight excluding hydrogens is 276 g/mol. The average Bonchev–Trinajstić information content (AvgIpc) is 2.75. The van der Waals surface area contributed by atoms with Crippen LogP contribution in [0.3, 0.4) is 0 Å². The lowest BCUT2D eigenvalue weighted by Crippen LogP contribution is -2.25. The maximum atomic E-state index is 12.9. The SMILES string of the molecule is CCCCCCCCCNc1ccc2c(c1)OC(F)(F)O2. The van der Waals surface area contributed by atoms with E-state index in [9.17, 15) is 8.78 Å². The zero-order valence-corrected chi connectivity index (χ0v) is 12.5. The van der Waals surface area contributed by atoms with E-state index in [1.165, 1.54) is 44.6 Å². The molecule has 0 aliphatic carbocycles. The molecule has 0 saturated carbocycles. The summed E-state index contributed by atoms with van der Waals surface area (Å²) < 4.78 is 34.5. The van der Waals surface area contributed by atoms with Gasteiger partial charge in [-0.05, 0) is 18.6 Å². The molecule has 5 heteroatoms. The Bertz CT molecular complexity index is 452. The second-order valence-corrected chi connectivity index (χ2v) is 5.38. The van der Waals surface area contributed by atoms with Gasteiger partial charge in [0.2, 0.25) is 0 Å². The monoisotopic (exact) mass is 299 g/mol. The van der Waals surface area contributed by atoms with Crippen LogP contribution in [-0.4, -0.2) is 12.8 Å². The van der Waals surface area contributed by atoms with Gasteiger partial charge in [-0.25, -0.2) is 0 Å². The van der Waals surface area contributed by atoms with Gasteiger partial charge in [-0.15, -0.1) is 8.78 Å². The summed E-state index contributed by atoms with van der Waals surface area (Å²) in [4.78, 5) is 0. The van der Waals surface area contributed by atoms with Crippen LogP contribution in [0, 0.1) is 0 Å². The van der Waals surface area contributed by atoms with E-state index in [-0.39, 0.29) is 11.5 Å². The van der Waals surface area contributed by atoms with Gasteiger partial charge in [0.25, 0.3) is 0 Å². The highest BCUT2D eigenvalue weighted by Gasteiger charge is 2.43. The predicted octanol–water partition coefficient (Wildman–Crippen LogP) is 5.17. The molecule has 2 rings (SSSR count). The number of ether oxygens (including phenoxy) is 2. The number of benzene rings is 1. The highest BCUT2D eigenvalue weighted by Crippen LogP contribution is 2.42. The second kappa shape index (κ2) is 7.48. The Morgan fingerprint density at radius 1 is 0.952 bits per heavy atom. The molecule has 0 atom stereocenters. The van der Waals surface area contributed by atoms with Crippen LogP contribution in [0.15, 0.2) is 18.2 Å². The number of hydrogen-bond donors (Lipinski definition) is 1. The number of alkyl halides is 2. The zero-order valence-electron chi connectivity index (χ0n) is 12.5. The average molecular weight is 299 g/mol. The summed E-state index contributed by atoms with van der Waals surface area (Å²) in [6.07, 6.45) is 5.20. The Kier molecular flexibility index (Phi) is 5.65. The number of halogens is 2. The van der Waals surface area contributed by atoms with Crippen LogP contribution in [-0.2, 0) is 0 Å². The van der Waals surface area contributed by atoms with Crippen molar-refractivity contribution in [2.75, 3.05) is 11.9 Å². The fraction of sp³-hybridized carbons (Fsp3) is 0.625. The Labute approximate surface area is 124 Å². The van der Waals surface area contributed by atoms with E-state index >= 15 is 0 Å². The van der Waals surface area contributed by atoms with Crippen molar-refractivity contribution >= 4 is 5.69 Å². The van der Waals surface area contributed by atoms with Crippen molar-refractivity contribution in [2.24, 2.45) is 0 Å². The van der Waals surface area contributed by atoms with Crippen molar-refractivity contribution in [1.82, 2.24) is 0 Å². The lowest BCUT2D eigenvalue weighted by Gasteiger charge is -2.07. The summed E-state index contributed by atoms with van der Waals surface area (Å²) in [5.41, 5.74) is 0.779. The van der Waals surface area contributed by atoms with Gasteiger partial charge in [-0.1, -0.05) is 45.4 Å². The maximum absolute atomic E-state index is 12.9. The number of rotatable bonds is 9. The molecule has 0 saturated heterocycles. The molecule has 0 fully saturated rings. The quantitative estimate of drug-likeness (QED) is 0.638. The van der Waals surface area contributed by atoms with Crippen molar-refractivity contribution in [2.45, 2.75) is 58.2 Å². The minimum absolute atomic E-state index is 0.0847. The van der Waals surface area contributed by atoms with E-state index in [0.717, 1.165) is 18.7 Å². The number of anilines is 1. The Morgan fingerprint density at radius 3 is 2.38 bits per heavy atom. The zero-order chi connectivity index (χ0) is 15.1. The summed E-state index contributed by atoms with van der Waals surface area (Å²) in [6, 6.07) is 4.78. The molecule has 0 bridgehead atoms. The Hall–Kier alpha value is -1.52. The molecule has 0 radical (unpaired) electrons. The number of unbranched alkanes of at least 4 members (excludes halogenated alkanes) is 6. The van der Waals surface area contributed by atoms with Crippen LogP contribution in [0.25, 0.3) is 0 Å². The van der Waals surface area contributed by atoms with Gasteiger partial charge in [0.15, 0.2) is 11.5 Å². The third-order valence-corrected chi connectivity index (χ3v) is 3.51. The molecule has 0 spiro atoms. The smallest absolute Gasteiger partial charge is 0.395 e. The standard InChI is InChI=1S/C16H23F2NO2/c1-2-3-4-5-6-7-8-11-19-13-9-10-14-15(12-13)21-16(17,18)20-14/h9-10,12,19H,2-8,11H2,1H3. The van der Waals surface area contributed by atoms with Crippen LogP contribution >= 0.6 is 0 Å². The van der Waals surface area contributed by atoms with E-state index in [0.29, 0.717) is 0 Å². The molecule has 1 aliphatic heterocycles. The molecule has 1 aromatic carbocycles. The summed E-state index contributed by atoms with van der Waals surface area (Å²) in [5, 5.41) is 3.22. The van der Waals surface area contributed by atoms with Gasteiger partial charge >= 0.3 is 6.29 Å². The molecule has 1 aliphatic rings. The Morgan fingerprint density at radius 2 is 1.62 bits per heavy atom. The van der Waals surface area contributed by atoms with Gasteiger partial charge in [-0.3, -0.25) is 0 Å². The largest absolute Gasteiger partial charge is 0.586 e. The molecule has 0 unspecified atom stereocenters. The first-order chi connectivity index (χ1) is 10.1. The Balaban J connectivity index is 1.64. The van der Waals surface area contributed by atoms with Gasteiger partial charge in [0.05, 0.1) is 0 Å². The predicted molar refractivity (Wildman–Crippen MR) is 79.1 cm³/mol. The summed E-state index contributed by atoms with van der Waals surface area (Å²) in [5.74, 6) is 0.172. The first-order valence-corrected chi connectivity index (χ1v) is 7.74. The number of fused-ring (bicyclic) bond motifs is 1. The van der Waals surface area contributed by atoms with Crippen molar-refractivity contribution in [1.29, 1.82) is 0 Å². The summed E-state index contributed by atoms with van der Waals surface area (Å²) in [7, 11) is 0. The molecule has 0 amide bonds. The fourth-order valence-corrected chi connectivity index (χ4v) is 2.37. The molecule has 118 valence electrons. The maximum Gasteiger partial charge on any atom is 0.586 e. The van der Waals surface area contributed by atoms with Gasteiger partial charge in [0, 0.05) is 18.3 Å². The van der Waals surface area contributed by atoms with E-state index < -0.39 is 6.29 Å². The number of hydrogen-bond acceptors (Lipinski definition) is 3. The van der Waals surface area contributed by atoms with Gasteiger partial charge < -0.3 is 14.8 Å². The molecule has 1 N–H and O–H groups in total. The first kappa shape index (κ1) is 15.9. The van der Waals surface area contributed by atoms with Gasteiger partial charge in [0.1, 0.15) is 0 Å². The minimum atomic E-state index is -3.54. The van der Waals surface area contributed by atoms with Crippen molar-refractivity contribution in [3.8, 4) is 11.5 Å². The molecule has 1 aromatic rings. The third-order valence-electron chi connectivity index (χ3n) is 3.51. The molecular formula is C16H23F2NO2. The van der Waals surface area contributed by atoms with Crippen LogP contribution in [0.1, 0.15) is 51.9 Å². The van der Waals surface area contributed by atoms with E-state index in [4.69, 9.17) is 0 Å². The lowest BCUT2D eigenvalue weighted by atomic mass is 10.1. The first-order valence-electron chi connectivity index (χ1n) is 7.74. The third kappa shape index (κ3) is 5.06. The molecule has 0 aromatic heterocycles. The number of nitrogens with one attached hydrogen (secondary N) is 1. The topological polar surface area (TPSA) is 30.5 Å². The van der Waals surface area contributed by atoms with E-state index in [1.54, 1.807) is 12.1 Å². The molecule has 1 heterocycles. The lowest BCUT2D eigenvalue weighted by molar-refractivity contribution is -0.286. The minimum Gasteiger partial charge on any atom is -0.395 e. The molecule has 21 heavy (non-hydrogen) atoms. The van der Waals surface area contributed by atoms with Crippen LogP contribution in [0.5, 0.6) is 11.5 Å². The van der Waals surface area contributed by atoms with E-state index in [1.807, 2.05) is 0 Å². The summed E-state index contributed by atoms with van der Waals surface area (Å²) in [6.45, 7) is 3.05. The van der Waals surface area contributed by atoms with Crippen LogP contribution in [0.4, 0.5) is 14.5 Å². The summed E-state index contributed by atoms with van der Waals surface area (Å²) >= 11 is 0. The highest BCUT2D eigenvalue weighted by atomic mass is 19.3. The fourth-order valence-electron chi connectivity index (χ4n) is 2.37. The van der Waals surface area contributed by atoms with Crippen molar-refractivity contribution in [3.05, 3.63) is 18.2 Å². The van der Waals surface area contributed by atoms with Crippen molar-refractivity contribution in [3.63, 3.8) is 0 Å². The van der Waals surface area contributed by atoms with Gasteiger partial charge in [-0.2, -0.15) is 0 Å². The molecule has 3 nitrogen and oxygen atoms in total. The van der Waals surface area contributed by atoms with Crippen LogP contribution in [0.2, 0.25) is 0 Å². The highest BCUT2D eigenvalue weighted by molar-refractivity contribution is 5.55.